The van der Waals surface area contributed by atoms with Crippen LogP contribution in [0.5, 0.6) is 0 Å². The fraction of sp³-hybridized carbons (Fsp3) is 0.600. The van der Waals surface area contributed by atoms with Crippen LogP contribution in [0.2, 0.25) is 0 Å². The zero-order chi connectivity index (χ0) is 13.8. The van der Waals surface area contributed by atoms with Crippen LogP contribution >= 0.6 is 0 Å². The molecule has 1 aromatic rings. The van der Waals surface area contributed by atoms with Crippen molar-refractivity contribution in [2.75, 3.05) is 6.54 Å². The van der Waals surface area contributed by atoms with Crippen LogP contribution in [0.15, 0.2) is 17.3 Å². The lowest BCUT2D eigenvalue weighted by atomic mass is 9.83. The first-order valence-electron chi connectivity index (χ1n) is 5.60. The Morgan fingerprint density at radius 3 is 2.50 bits per heavy atom. The Balaban J connectivity index is 2.84. The molecule has 1 heterocycles. The molecule has 0 aromatic carbocycles. The SMILES string of the molecule is CCC(CC)(CNS(=O)(=O)c1cn[nH]c1)C(=O)O. The zero-order valence-electron chi connectivity index (χ0n) is 10.3. The van der Waals surface area contributed by atoms with E-state index in [-0.39, 0.29) is 11.4 Å². The van der Waals surface area contributed by atoms with E-state index in [9.17, 15) is 18.3 Å². The second kappa shape index (κ2) is 5.49. The highest BCUT2D eigenvalue weighted by molar-refractivity contribution is 7.89. The van der Waals surface area contributed by atoms with Gasteiger partial charge in [0.2, 0.25) is 10.0 Å². The molecule has 0 spiro atoms. The molecule has 0 aliphatic heterocycles. The molecule has 1 aromatic heterocycles. The molecular weight excluding hydrogens is 258 g/mol. The summed E-state index contributed by atoms with van der Waals surface area (Å²) in [6, 6.07) is 0. The van der Waals surface area contributed by atoms with Gasteiger partial charge >= 0.3 is 5.97 Å². The normalized spacial score (nSPS) is 12.6. The summed E-state index contributed by atoms with van der Waals surface area (Å²) in [5.74, 6) is -0.998. The van der Waals surface area contributed by atoms with Gasteiger partial charge in [0.1, 0.15) is 4.90 Å². The van der Waals surface area contributed by atoms with E-state index in [0.29, 0.717) is 12.8 Å². The number of carbonyl (C=O) groups is 1. The molecule has 0 bridgehead atoms. The van der Waals surface area contributed by atoms with Crippen molar-refractivity contribution in [2.24, 2.45) is 5.41 Å². The third-order valence-corrected chi connectivity index (χ3v) is 4.56. The molecule has 0 atom stereocenters. The van der Waals surface area contributed by atoms with E-state index in [1.807, 2.05) is 0 Å². The number of carboxylic acid groups (broad SMARTS) is 1. The van der Waals surface area contributed by atoms with Gasteiger partial charge in [0, 0.05) is 12.7 Å². The third-order valence-electron chi connectivity index (χ3n) is 3.19. The number of rotatable bonds is 7. The standard InChI is InChI=1S/C10H17N3O4S/c1-3-10(4-2,9(14)15)7-13-18(16,17)8-5-11-12-6-8/h5-6,13H,3-4,7H2,1-2H3,(H,11,12)(H,14,15). The fourth-order valence-corrected chi connectivity index (χ4v) is 2.61. The molecule has 8 heteroatoms. The van der Waals surface area contributed by atoms with Crippen molar-refractivity contribution in [3.63, 3.8) is 0 Å². The highest BCUT2D eigenvalue weighted by Crippen LogP contribution is 2.26. The molecule has 0 saturated heterocycles. The molecular formula is C10H17N3O4S. The van der Waals surface area contributed by atoms with Gasteiger partial charge in [-0.3, -0.25) is 9.89 Å². The Morgan fingerprint density at radius 1 is 1.50 bits per heavy atom. The number of hydrogen-bond donors (Lipinski definition) is 3. The Labute approximate surface area is 106 Å². The minimum atomic E-state index is -3.71. The first kappa shape index (κ1) is 14.7. The molecule has 1 rings (SSSR count). The predicted molar refractivity (Wildman–Crippen MR) is 64.4 cm³/mol. The minimum Gasteiger partial charge on any atom is -0.481 e. The molecule has 0 fully saturated rings. The molecule has 0 aliphatic rings. The maximum Gasteiger partial charge on any atom is 0.310 e. The second-order valence-electron chi connectivity index (χ2n) is 4.05. The zero-order valence-corrected chi connectivity index (χ0v) is 11.1. The number of aliphatic carboxylic acids is 1. The highest BCUT2D eigenvalue weighted by atomic mass is 32.2. The van der Waals surface area contributed by atoms with Crippen LogP contribution in [0, 0.1) is 5.41 Å². The Bertz CT molecular complexity index is 491. The van der Waals surface area contributed by atoms with E-state index in [1.165, 1.54) is 12.4 Å². The summed E-state index contributed by atoms with van der Waals surface area (Å²) in [7, 11) is -3.71. The summed E-state index contributed by atoms with van der Waals surface area (Å²) in [4.78, 5) is 11.2. The van der Waals surface area contributed by atoms with Gasteiger partial charge in [-0.1, -0.05) is 13.8 Å². The van der Waals surface area contributed by atoms with Crippen LogP contribution in [0.4, 0.5) is 0 Å². The number of sulfonamides is 1. The number of carboxylic acids is 1. The summed E-state index contributed by atoms with van der Waals surface area (Å²) in [5.41, 5.74) is -1.07. The Hall–Kier alpha value is -1.41. The van der Waals surface area contributed by atoms with Crippen molar-refractivity contribution in [3.8, 4) is 0 Å². The van der Waals surface area contributed by atoms with E-state index >= 15 is 0 Å². The molecule has 0 saturated carbocycles. The molecule has 0 aliphatic carbocycles. The second-order valence-corrected chi connectivity index (χ2v) is 5.82. The van der Waals surface area contributed by atoms with Gasteiger partial charge in [0.05, 0.1) is 11.6 Å². The van der Waals surface area contributed by atoms with Crippen LogP contribution in [0.1, 0.15) is 26.7 Å². The van der Waals surface area contributed by atoms with Gasteiger partial charge < -0.3 is 5.11 Å². The van der Waals surface area contributed by atoms with Crippen LogP contribution in [-0.4, -0.2) is 36.2 Å². The predicted octanol–water partition coefficient (Wildman–Crippen LogP) is 0.579. The van der Waals surface area contributed by atoms with Gasteiger partial charge in [-0.2, -0.15) is 5.10 Å². The molecule has 7 nitrogen and oxygen atoms in total. The maximum absolute atomic E-state index is 11.8. The van der Waals surface area contributed by atoms with E-state index < -0.39 is 21.4 Å². The van der Waals surface area contributed by atoms with Crippen LogP contribution in [-0.2, 0) is 14.8 Å². The first-order valence-corrected chi connectivity index (χ1v) is 7.08. The Kier molecular flexibility index (Phi) is 4.47. The molecule has 0 radical (unpaired) electrons. The van der Waals surface area contributed by atoms with Crippen molar-refractivity contribution < 1.29 is 18.3 Å². The van der Waals surface area contributed by atoms with Gasteiger partial charge in [-0.05, 0) is 12.8 Å². The lowest BCUT2D eigenvalue weighted by Gasteiger charge is -2.26. The summed E-state index contributed by atoms with van der Waals surface area (Å²) in [6.07, 6.45) is 3.12. The smallest absolute Gasteiger partial charge is 0.310 e. The van der Waals surface area contributed by atoms with E-state index in [2.05, 4.69) is 14.9 Å². The van der Waals surface area contributed by atoms with Crippen molar-refractivity contribution >= 4 is 16.0 Å². The molecule has 0 amide bonds. The number of aromatic amines is 1. The number of nitrogens with one attached hydrogen (secondary N) is 2. The van der Waals surface area contributed by atoms with E-state index in [4.69, 9.17) is 0 Å². The minimum absolute atomic E-state index is 0.00556. The van der Waals surface area contributed by atoms with Gasteiger partial charge in [0.25, 0.3) is 0 Å². The first-order chi connectivity index (χ1) is 8.38. The quantitative estimate of drug-likeness (QED) is 0.673. The topological polar surface area (TPSA) is 112 Å². The summed E-state index contributed by atoms with van der Waals surface area (Å²) >= 11 is 0. The van der Waals surface area contributed by atoms with Gasteiger partial charge in [-0.15, -0.1) is 0 Å². The van der Waals surface area contributed by atoms with Gasteiger partial charge in [-0.25, -0.2) is 13.1 Å². The Morgan fingerprint density at radius 2 is 2.11 bits per heavy atom. The van der Waals surface area contributed by atoms with Crippen molar-refractivity contribution in [2.45, 2.75) is 31.6 Å². The van der Waals surface area contributed by atoms with Crippen LogP contribution in [0.3, 0.4) is 0 Å². The summed E-state index contributed by atoms with van der Waals surface area (Å²) < 4.78 is 26.0. The van der Waals surface area contributed by atoms with Crippen LogP contribution in [0.25, 0.3) is 0 Å². The van der Waals surface area contributed by atoms with Crippen LogP contribution < -0.4 is 4.72 Å². The van der Waals surface area contributed by atoms with Crippen molar-refractivity contribution in [1.29, 1.82) is 0 Å². The average molecular weight is 275 g/mol. The number of nitrogens with zero attached hydrogens (tertiary/aromatic N) is 1. The number of hydrogen-bond acceptors (Lipinski definition) is 4. The lowest BCUT2D eigenvalue weighted by Crippen LogP contribution is -2.42. The lowest BCUT2D eigenvalue weighted by molar-refractivity contribution is -0.149. The highest BCUT2D eigenvalue weighted by Gasteiger charge is 2.36. The summed E-state index contributed by atoms with van der Waals surface area (Å²) in [6.45, 7) is 3.32. The van der Waals surface area contributed by atoms with E-state index in [0.717, 1.165) is 0 Å². The van der Waals surface area contributed by atoms with Crippen molar-refractivity contribution in [1.82, 2.24) is 14.9 Å². The molecule has 3 N–H and O–H groups in total. The summed E-state index contributed by atoms with van der Waals surface area (Å²) in [5, 5.41) is 15.1. The van der Waals surface area contributed by atoms with E-state index in [1.54, 1.807) is 13.8 Å². The van der Waals surface area contributed by atoms with Gasteiger partial charge in [0.15, 0.2) is 0 Å². The molecule has 102 valence electrons. The maximum atomic E-state index is 11.8. The number of H-pyrrole nitrogens is 1. The molecule has 0 unspecified atom stereocenters. The average Bonchev–Trinajstić information content (AvgIpc) is 2.84. The fourth-order valence-electron chi connectivity index (χ4n) is 1.58. The van der Waals surface area contributed by atoms with Crippen molar-refractivity contribution in [3.05, 3.63) is 12.4 Å². The monoisotopic (exact) mass is 275 g/mol. The number of aromatic nitrogens is 2. The largest absolute Gasteiger partial charge is 0.481 e. The molecule has 18 heavy (non-hydrogen) atoms. The third kappa shape index (κ3) is 2.88.